The lowest BCUT2D eigenvalue weighted by Gasteiger charge is -2.24. The molecule has 3 heterocycles. The zero-order chi connectivity index (χ0) is 19.6. The fourth-order valence-electron chi connectivity index (χ4n) is 3.91. The van der Waals surface area contributed by atoms with E-state index in [1.165, 1.54) is 11.3 Å². The Hall–Kier alpha value is -2.96. The van der Waals surface area contributed by atoms with Gasteiger partial charge < -0.3 is 5.32 Å². The van der Waals surface area contributed by atoms with Gasteiger partial charge in [-0.1, -0.05) is 29.8 Å². The summed E-state index contributed by atoms with van der Waals surface area (Å²) >= 11 is 6.29. The molecule has 0 radical (unpaired) electrons. The zero-order valence-electron chi connectivity index (χ0n) is 15.9. The number of halogens is 1. The van der Waals surface area contributed by atoms with Crippen LogP contribution in [-0.4, -0.2) is 24.5 Å². The Morgan fingerprint density at radius 2 is 1.97 bits per heavy atom. The van der Waals surface area contributed by atoms with Crippen LogP contribution in [0.1, 0.15) is 35.7 Å². The van der Waals surface area contributed by atoms with Gasteiger partial charge in [-0.3, -0.25) is 0 Å². The summed E-state index contributed by atoms with van der Waals surface area (Å²) < 4.78 is 3.79. The Kier molecular flexibility index (Phi) is 4.87. The van der Waals surface area contributed by atoms with Crippen molar-refractivity contribution in [2.45, 2.75) is 31.8 Å². The standard InChI is InChI=1S/C22H21ClN6/c23-18-6-1-2-8-21(18)28-15-16(13-26-28)12-25-19-7-5-9-20-17(19)14-27-29(20)22-10-3-4-11-24-22/h1-4,6,8,10-11,13-15,19,25H,5,7,9,12H2/t19-/m0/s1. The highest BCUT2D eigenvalue weighted by atomic mass is 35.5. The summed E-state index contributed by atoms with van der Waals surface area (Å²) in [6.45, 7) is 0.739. The Morgan fingerprint density at radius 3 is 2.83 bits per heavy atom. The molecule has 3 aromatic heterocycles. The number of aromatic nitrogens is 5. The van der Waals surface area contributed by atoms with Crippen LogP contribution in [0.4, 0.5) is 0 Å². The van der Waals surface area contributed by atoms with Crippen molar-refractivity contribution < 1.29 is 0 Å². The van der Waals surface area contributed by atoms with Gasteiger partial charge in [0, 0.05) is 36.1 Å². The lowest BCUT2D eigenvalue weighted by Crippen LogP contribution is -2.25. The molecule has 146 valence electrons. The van der Waals surface area contributed by atoms with E-state index in [-0.39, 0.29) is 6.04 Å². The predicted octanol–water partition coefficient (Wildman–Crippen LogP) is 4.27. The quantitative estimate of drug-likeness (QED) is 0.539. The summed E-state index contributed by atoms with van der Waals surface area (Å²) in [5, 5.41) is 13.4. The summed E-state index contributed by atoms with van der Waals surface area (Å²) in [6.07, 6.45) is 10.9. The first-order valence-corrected chi connectivity index (χ1v) is 10.2. The number of nitrogens with one attached hydrogen (secondary N) is 1. The van der Waals surface area contributed by atoms with Crippen molar-refractivity contribution in [3.63, 3.8) is 0 Å². The average Bonchev–Trinajstić information content (AvgIpc) is 3.41. The molecule has 1 aromatic carbocycles. The molecule has 7 heteroatoms. The number of pyridine rings is 1. The summed E-state index contributed by atoms with van der Waals surface area (Å²) in [5.74, 6) is 0.871. The largest absolute Gasteiger partial charge is 0.306 e. The van der Waals surface area contributed by atoms with Gasteiger partial charge in [-0.15, -0.1) is 0 Å². The summed E-state index contributed by atoms with van der Waals surface area (Å²) in [4.78, 5) is 4.44. The van der Waals surface area contributed by atoms with E-state index in [2.05, 4.69) is 20.5 Å². The molecule has 1 aliphatic carbocycles. The van der Waals surface area contributed by atoms with Crippen molar-refractivity contribution in [2.24, 2.45) is 0 Å². The fraction of sp³-hybridized carbons (Fsp3) is 0.227. The number of nitrogens with zero attached hydrogens (tertiary/aromatic N) is 5. The molecule has 0 unspecified atom stereocenters. The highest BCUT2D eigenvalue weighted by Crippen LogP contribution is 2.31. The number of rotatable bonds is 5. The number of para-hydroxylation sites is 1. The minimum absolute atomic E-state index is 0.278. The van der Waals surface area contributed by atoms with Gasteiger partial charge in [0.25, 0.3) is 0 Å². The third kappa shape index (κ3) is 3.57. The molecule has 0 spiro atoms. The van der Waals surface area contributed by atoms with Gasteiger partial charge in [-0.25, -0.2) is 14.3 Å². The van der Waals surface area contributed by atoms with E-state index in [9.17, 15) is 0 Å². The topological polar surface area (TPSA) is 60.6 Å². The minimum atomic E-state index is 0.278. The second-order valence-corrected chi connectivity index (χ2v) is 7.62. The van der Waals surface area contributed by atoms with E-state index in [1.54, 1.807) is 6.20 Å². The van der Waals surface area contributed by atoms with Gasteiger partial charge >= 0.3 is 0 Å². The van der Waals surface area contributed by atoms with E-state index in [4.69, 9.17) is 11.6 Å². The molecule has 0 fully saturated rings. The Labute approximate surface area is 174 Å². The van der Waals surface area contributed by atoms with Crippen LogP contribution in [0.2, 0.25) is 5.02 Å². The lowest BCUT2D eigenvalue weighted by atomic mass is 9.93. The average molecular weight is 405 g/mol. The van der Waals surface area contributed by atoms with Crippen molar-refractivity contribution in [1.29, 1.82) is 0 Å². The van der Waals surface area contributed by atoms with Crippen molar-refractivity contribution >= 4 is 11.6 Å². The zero-order valence-corrected chi connectivity index (χ0v) is 16.6. The normalized spacial score (nSPS) is 16.0. The predicted molar refractivity (Wildman–Crippen MR) is 112 cm³/mol. The number of benzene rings is 1. The summed E-state index contributed by atoms with van der Waals surface area (Å²) in [6, 6.07) is 13.9. The first kappa shape index (κ1) is 18.1. The number of hydrogen-bond acceptors (Lipinski definition) is 4. The lowest BCUT2D eigenvalue weighted by molar-refractivity contribution is 0.454. The molecule has 4 aromatic rings. The van der Waals surface area contributed by atoms with Gasteiger partial charge in [-0.2, -0.15) is 10.2 Å². The maximum Gasteiger partial charge on any atom is 0.153 e. The van der Waals surface area contributed by atoms with Gasteiger partial charge in [0.05, 0.1) is 28.8 Å². The first-order valence-electron chi connectivity index (χ1n) is 9.79. The van der Waals surface area contributed by atoms with Crippen LogP contribution in [0.5, 0.6) is 0 Å². The Balaban J connectivity index is 1.32. The highest BCUT2D eigenvalue weighted by Gasteiger charge is 2.24. The van der Waals surface area contributed by atoms with Gasteiger partial charge in [-0.05, 0) is 43.5 Å². The molecule has 6 nitrogen and oxygen atoms in total. The van der Waals surface area contributed by atoms with Crippen LogP contribution in [-0.2, 0) is 13.0 Å². The second kappa shape index (κ2) is 7.81. The van der Waals surface area contributed by atoms with Gasteiger partial charge in [0.2, 0.25) is 0 Å². The van der Waals surface area contributed by atoms with Crippen LogP contribution in [0, 0.1) is 0 Å². The molecule has 29 heavy (non-hydrogen) atoms. The number of hydrogen-bond donors (Lipinski definition) is 1. The molecule has 0 saturated carbocycles. The van der Waals surface area contributed by atoms with Crippen molar-refractivity contribution in [1.82, 2.24) is 29.9 Å². The van der Waals surface area contributed by atoms with E-state index in [0.29, 0.717) is 5.02 Å². The maximum absolute atomic E-state index is 6.29. The second-order valence-electron chi connectivity index (χ2n) is 7.22. The maximum atomic E-state index is 6.29. The van der Waals surface area contributed by atoms with Crippen molar-refractivity contribution in [3.8, 4) is 11.5 Å². The molecule has 0 aliphatic heterocycles. The highest BCUT2D eigenvalue weighted by molar-refractivity contribution is 6.32. The fourth-order valence-corrected chi connectivity index (χ4v) is 4.13. The van der Waals surface area contributed by atoms with Crippen molar-refractivity contribution in [2.75, 3.05) is 0 Å². The third-order valence-electron chi connectivity index (χ3n) is 5.34. The molecular formula is C22H21ClN6. The molecule has 0 saturated heterocycles. The molecule has 1 N–H and O–H groups in total. The van der Waals surface area contributed by atoms with Gasteiger partial charge in [0.15, 0.2) is 5.82 Å². The summed E-state index contributed by atoms with van der Waals surface area (Å²) in [5.41, 5.74) is 4.52. The monoisotopic (exact) mass is 404 g/mol. The van der Waals surface area contributed by atoms with Crippen LogP contribution in [0.25, 0.3) is 11.5 Å². The van der Waals surface area contributed by atoms with Crippen molar-refractivity contribution in [3.05, 3.63) is 89.1 Å². The Morgan fingerprint density at radius 1 is 1.07 bits per heavy atom. The Bertz CT molecular complexity index is 1120. The van der Waals surface area contributed by atoms with Crippen LogP contribution in [0.3, 0.4) is 0 Å². The molecule has 1 atom stereocenters. The van der Waals surface area contributed by atoms with Gasteiger partial charge in [0.1, 0.15) is 0 Å². The van der Waals surface area contributed by atoms with E-state index in [1.807, 2.05) is 70.4 Å². The van der Waals surface area contributed by atoms with E-state index in [0.717, 1.165) is 42.9 Å². The SMILES string of the molecule is Clc1ccccc1-n1cc(CN[C@H]2CCCc3c2cnn3-c2ccccn2)cn1. The first-order chi connectivity index (χ1) is 14.3. The molecule has 0 amide bonds. The van der Waals surface area contributed by atoms with E-state index < -0.39 is 0 Å². The molecule has 5 rings (SSSR count). The molecular weight excluding hydrogens is 384 g/mol. The smallest absolute Gasteiger partial charge is 0.153 e. The van der Waals surface area contributed by atoms with Crippen LogP contribution < -0.4 is 5.32 Å². The molecule has 0 bridgehead atoms. The number of fused-ring (bicyclic) bond motifs is 1. The van der Waals surface area contributed by atoms with E-state index >= 15 is 0 Å². The minimum Gasteiger partial charge on any atom is -0.306 e. The van der Waals surface area contributed by atoms with Crippen LogP contribution in [0.15, 0.2) is 67.3 Å². The van der Waals surface area contributed by atoms with Crippen LogP contribution >= 0.6 is 11.6 Å². The molecule has 1 aliphatic rings. The third-order valence-corrected chi connectivity index (χ3v) is 5.66. The summed E-state index contributed by atoms with van der Waals surface area (Å²) in [7, 11) is 0.